The number of ether oxygens (including phenoxy) is 1. The summed E-state index contributed by atoms with van der Waals surface area (Å²) in [5, 5.41) is 10.4. The van der Waals surface area contributed by atoms with Gasteiger partial charge in [0.15, 0.2) is 17.9 Å². The lowest BCUT2D eigenvalue weighted by atomic mass is 10.0. The molecule has 1 fully saturated rings. The highest BCUT2D eigenvalue weighted by atomic mass is 35.5. The van der Waals surface area contributed by atoms with Gasteiger partial charge in [0.25, 0.3) is 0 Å². The molecule has 0 saturated carbocycles. The number of phosphoric acid groups is 3. The van der Waals surface area contributed by atoms with E-state index in [1.807, 2.05) is 0 Å². The molecule has 0 aliphatic carbocycles. The van der Waals surface area contributed by atoms with Gasteiger partial charge in [0, 0.05) is 6.20 Å². The van der Waals surface area contributed by atoms with Crippen molar-refractivity contribution in [3.63, 3.8) is 0 Å². The summed E-state index contributed by atoms with van der Waals surface area (Å²) < 4.78 is 65.2. The maximum atomic E-state index is 13.8. The van der Waals surface area contributed by atoms with Gasteiger partial charge >= 0.3 is 23.5 Å². The van der Waals surface area contributed by atoms with Crippen molar-refractivity contribution in [2.45, 2.75) is 30.2 Å². The summed E-state index contributed by atoms with van der Waals surface area (Å²) in [5.41, 5.74) is 5.31. The van der Waals surface area contributed by atoms with Crippen LogP contribution in [-0.2, 0) is 31.6 Å². The van der Waals surface area contributed by atoms with E-state index in [0.29, 0.717) is 0 Å². The molecule has 2 rings (SSSR count). The number of hydrogen-bond acceptors (Lipinski definition) is 11. The predicted molar refractivity (Wildman–Crippen MR) is 101 cm³/mol. The van der Waals surface area contributed by atoms with Crippen molar-refractivity contribution in [1.82, 2.24) is 9.55 Å². The highest BCUT2D eigenvalue weighted by Gasteiger charge is 2.54. The molecule has 178 valence electrons. The quantitative estimate of drug-likeness (QED) is 0.150. The summed E-state index contributed by atoms with van der Waals surface area (Å²) in [5.74, 6) is -1.48. The maximum Gasteiger partial charge on any atom is 0.490 e. The van der Waals surface area contributed by atoms with Gasteiger partial charge in [-0.2, -0.15) is 13.6 Å². The van der Waals surface area contributed by atoms with Gasteiger partial charge in [0.1, 0.15) is 17.1 Å². The summed E-state index contributed by atoms with van der Waals surface area (Å²) in [6.07, 6.45) is -3.67. The van der Waals surface area contributed by atoms with Crippen molar-refractivity contribution in [3.8, 4) is 0 Å². The Morgan fingerprint density at radius 2 is 1.90 bits per heavy atom. The minimum Gasteiger partial charge on any atom is -0.388 e. The first-order valence-corrected chi connectivity index (χ1v) is 13.0. The molecular weight excluding hydrogens is 534 g/mol. The first kappa shape index (κ1) is 26.9. The number of phosphoric ester groups is 1. The van der Waals surface area contributed by atoms with E-state index in [2.05, 4.69) is 18.1 Å². The van der Waals surface area contributed by atoms with Crippen molar-refractivity contribution in [3.05, 3.63) is 16.8 Å². The summed E-state index contributed by atoms with van der Waals surface area (Å²) in [4.78, 5) is 37.5. The molecule has 0 amide bonds. The van der Waals surface area contributed by atoms with Crippen molar-refractivity contribution < 1.29 is 60.6 Å². The first-order chi connectivity index (χ1) is 13.8. The van der Waals surface area contributed by atoms with Crippen LogP contribution in [-0.4, -0.2) is 57.9 Å². The molecule has 0 bridgehead atoms. The summed E-state index contributed by atoms with van der Waals surface area (Å²) >= 11 is 11.2. The second-order valence-corrected chi connectivity index (χ2v) is 11.8. The number of aliphatic hydroxyl groups excluding tert-OH is 1. The third kappa shape index (κ3) is 6.82. The van der Waals surface area contributed by atoms with Crippen LogP contribution in [0.1, 0.15) is 13.2 Å². The zero-order chi connectivity index (χ0) is 24.0. The van der Waals surface area contributed by atoms with Gasteiger partial charge in [-0.3, -0.25) is 9.09 Å². The van der Waals surface area contributed by atoms with Crippen LogP contribution in [0, 0.1) is 10.6 Å². The van der Waals surface area contributed by atoms with Crippen molar-refractivity contribution in [2.75, 3.05) is 12.3 Å². The number of aliphatic hydroxyl groups is 1. The van der Waals surface area contributed by atoms with Gasteiger partial charge < -0.3 is 35.2 Å². The van der Waals surface area contributed by atoms with Crippen molar-refractivity contribution in [2.24, 2.45) is 0 Å². The molecule has 0 spiro atoms. The number of nitrogens with zero attached hydrogens (tertiary/aromatic N) is 2. The minimum absolute atomic E-state index is 0.267. The molecule has 1 aromatic rings. The first-order valence-electron chi connectivity index (χ1n) is 7.69. The van der Waals surface area contributed by atoms with Gasteiger partial charge in [-0.15, -0.1) is 11.6 Å². The minimum atomic E-state index is -5.72. The van der Waals surface area contributed by atoms with Gasteiger partial charge in [0.2, 0.25) is 4.77 Å². The topological polar surface area (TPSA) is 233 Å². The smallest absolute Gasteiger partial charge is 0.388 e. The Morgan fingerprint density at radius 1 is 1.32 bits per heavy atom. The average molecular weight is 550 g/mol. The van der Waals surface area contributed by atoms with Gasteiger partial charge in [-0.1, -0.05) is 0 Å². The number of nitrogen functional groups attached to an aromatic ring is 1. The van der Waals surface area contributed by atoms with Gasteiger partial charge in [0.05, 0.1) is 6.61 Å². The molecule has 0 radical (unpaired) electrons. The SMILES string of the molecule is CC1(Cl)[C@@H](O)[C@@H](COP(=O)(O)OP(=O)(O)OP(=O)(O)O)O[C@H]1n1cc(F)c(N)nc1=S. The van der Waals surface area contributed by atoms with Crippen LogP contribution < -0.4 is 5.73 Å². The van der Waals surface area contributed by atoms with Crippen LogP contribution in [0.5, 0.6) is 0 Å². The highest BCUT2D eigenvalue weighted by Crippen LogP contribution is 2.66. The number of halogens is 2. The average Bonchev–Trinajstić information content (AvgIpc) is 2.76. The molecule has 7 N–H and O–H groups in total. The fourth-order valence-corrected chi connectivity index (χ4v) is 6.02. The van der Waals surface area contributed by atoms with Crippen LogP contribution in [0.15, 0.2) is 6.20 Å². The molecule has 1 aliphatic heterocycles. The zero-order valence-electron chi connectivity index (χ0n) is 15.1. The monoisotopic (exact) mass is 549 g/mol. The van der Waals surface area contributed by atoms with Crippen LogP contribution in [0.2, 0.25) is 0 Å². The summed E-state index contributed by atoms with van der Waals surface area (Å²) in [6, 6.07) is 0. The predicted octanol–water partition coefficient (Wildman–Crippen LogP) is 0.933. The van der Waals surface area contributed by atoms with E-state index in [9.17, 15) is 28.1 Å². The molecule has 0 aromatic carbocycles. The second-order valence-electron chi connectivity index (χ2n) is 6.17. The number of anilines is 1. The third-order valence-electron chi connectivity index (χ3n) is 3.72. The van der Waals surface area contributed by atoms with E-state index >= 15 is 0 Å². The van der Waals surface area contributed by atoms with Crippen LogP contribution in [0.4, 0.5) is 10.2 Å². The van der Waals surface area contributed by atoms with Crippen LogP contribution in [0.25, 0.3) is 0 Å². The molecule has 6 atom stereocenters. The van der Waals surface area contributed by atoms with Crippen LogP contribution in [0.3, 0.4) is 0 Å². The van der Waals surface area contributed by atoms with E-state index in [1.165, 1.54) is 6.92 Å². The number of nitrogens with two attached hydrogens (primary N) is 1. The van der Waals surface area contributed by atoms with E-state index in [1.54, 1.807) is 0 Å². The maximum absolute atomic E-state index is 13.8. The second kappa shape index (κ2) is 9.12. The fourth-order valence-electron chi connectivity index (χ4n) is 2.45. The molecule has 3 unspecified atom stereocenters. The Hall–Kier alpha value is -0.350. The van der Waals surface area contributed by atoms with E-state index in [4.69, 9.17) is 49.0 Å². The Morgan fingerprint density at radius 3 is 2.45 bits per heavy atom. The molecule has 2 heterocycles. The van der Waals surface area contributed by atoms with Crippen molar-refractivity contribution in [1.29, 1.82) is 0 Å². The molecular formula is C10H16ClFN3O12P3S. The fraction of sp³-hybridized carbons (Fsp3) is 0.600. The normalized spacial score (nSPS) is 30.6. The molecule has 1 saturated heterocycles. The molecule has 1 aromatic heterocycles. The third-order valence-corrected chi connectivity index (χ3v) is 8.24. The number of aromatic nitrogens is 2. The standard InChI is InChI=1S/C10H16ClFN3O12P3S/c1-10(11)6(16)5(25-8(10)15-2-4(12)7(13)14-9(15)31)3-24-29(20,21)27-30(22,23)26-28(17,18)19/h2,5-6,8,16H,3H2,1H3,(H,20,21)(H,22,23)(H2,13,14,31)(H2,17,18,19)/t5-,6+,8-,10?/m1/s1. The lowest BCUT2D eigenvalue weighted by Crippen LogP contribution is -2.40. The summed E-state index contributed by atoms with van der Waals surface area (Å²) in [7, 11) is -16.8. The number of hydrogen-bond donors (Lipinski definition) is 6. The van der Waals surface area contributed by atoms with Gasteiger partial charge in [-0.25, -0.2) is 18.1 Å². The van der Waals surface area contributed by atoms with E-state index < -0.39 is 65.0 Å². The Bertz CT molecular complexity index is 1050. The van der Waals surface area contributed by atoms with E-state index in [0.717, 1.165) is 10.8 Å². The molecule has 1 aliphatic rings. The summed E-state index contributed by atoms with van der Waals surface area (Å²) in [6.45, 7) is 0.284. The number of alkyl halides is 1. The molecule has 21 heteroatoms. The number of rotatable bonds is 8. The van der Waals surface area contributed by atoms with Crippen LogP contribution >= 0.6 is 47.3 Å². The van der Waals surface area contributed by atoms with Gasteiger partial charge in [-0.05, 0) is 19.1 Å². The Labute approximate surface area is 183 Å². The van der Waals surface area contributed by atoms with Crippen molar-refractivity contribution >= 4 is 53.1 Å². The largest absolute Gasteiger partial charge is 0.490 e. The Kier molecular flexibility index (Phi) is 7.92. The lowest BCUT2D eigenvalue weighted by Gasteiger charge is -2.27. The molecule has 15 nitrogen and oxygen atoms in total. The van der Waals surface area contributed by atoms with E-state index in [-0.39, 0.29) is 4.77 Å². The zero-order valence-corrected chi connectivity index (χ0v) is 19.3. The Balaban J connectivity index is 2.16. The lowest BCUT2D eigenvalue weighted by molar-refractivity contribution is -0.0456. The highest BCUT2D eigenvalue weighted by molar-refractivity contribution is 7.71. The molecule has 31 heavy (non-hydrogen) atoms.